The van der Waals surface area contributed by atoms with Crippen molar-refractivity contribution in [3.63, 3.8) is 0 Å². The molecule has 0 saturated heterocycles. The first-order valence-corrected chi connectivity index (χ1v) is 12.3. The van der Waals surface area contributed by atoms with E-state index < -0.39 is 17.9 Å². The number of hydrogen-bond donors (Lipinski definition) is 2. The Bertz CT molecular complexity index is 1390. The first kappa shape index (κ1) is 25.0. The molecule has 37 heavy (non-hydrogen) atoms. The largest absolute Gasteiger partial charge is 0.351 e. The molecule has 3 aromatic carbocycles. The van der Waals surface area contributed by atoms with Crippen LogP contribution >= 0.6 is 0 Å². The van der Waals surface area contributed by atoms with Crippen LogP contribution in [-0.4, -0.2) is 40.3 Å². The second-order valence-corrected chi connectivity index (χ2v) is 10.7. The zero-order valence-electron chi connectivity index (χ0n) is 21.5. The monoisotopic (exact) mass is 503 g/mol. The van der Waals surface area contributed by atoms with Crippen LogP contribution in [0.2, 0.25) is 0 Å². The predicted molar refractivity (Wildman–Crippen MR) is 142 cm³/mol. The number of anilines is 1. The Labute approximate surface area is 215 Å². The Balaban J connectivity index is 1.53. The SMILES string of the molecule is CN(Cc1cc(F)c(F)cc1-c1ccc2c(c1)C(C(=O)N1Cc3ccccc3C1)=NC(N)N2)C(C)(C)C. The van der Waals surface area contributed by atoms with Gasteiger partial charge in [0.05, 0.1) is 0 Å². The summed E-state index contributed by atoms with van der Waals surface area (Å²) in [6.07, 6.45) is -0.762. The highest BCUT2D eigenvalue weighted by molar-refractivity contribution is 6.46. The quantitative estimate of drug-likeness (QED) is 0.533. The highest BCUT2D eigenvalue weighted by atomic mass is 19.2. The number of halogens is 2. The highest BCUT2D eigenvalue weighted by Crippen LogP contribution is 2.34. The maximum absolute atomic E-state index is 14.4. The topological polar surface area (TPSA) is 74.0 Å². The van der Waals surface area contributed by atoms with Crippen LogP contribution in [0.25, 0.3) is 11.1 Å². The van der Waals surface area contributed by atoms with E-state index in [1.54, 1.807) is 11.0 Å². The molecule has 0 aromatic heterocycles. The molecule has 0 aliphatic carbocycles. The molecule has 1 amide bonds. The van der Waals surface area contributed by atoms with E-state index in [0.717, 1.165) is 11.1 Å². The van der Waals surface area contributed by atoms with Gasteiger partial charge in [-0.1, -0.05) is 30.3 Å². The van der Waals surface area contributed by atoms with Crippen molar-refractivity contribution in [3.8, 4) is 11.1 Å². The molecule has 3 aromatic rings. The Morgan fingerprint density at radius 3 is 2.35 bits per heavy atom. The molecule has 0 saturated carbocycles. The van der Waals surface area contributed by atoms with Crippen molar-refractivity contribution in [3.05, 3.63) is 88.5 Å². The van der Waals surface area contributed by atoms with Gasteiger partial charge in [0.15, 0.2) is 17.9 Å². The molecule has 6 nitrogen and oxygen atoms in total. The summed E-state index contributed by atoms with van der Waals surface area (Å²) < 4.78 is 28.7. The third kappa shape index (κ3) is 4.86. The van der Waals surface area contributed by atoms with Gasteiger partial charge in [0.1, 0.15) is 5.71 Å². The number of aliphatic imine (C=N–C) groups is 1. The van der Waals surface area contributed by atoms with Crippen molar-refractivity contribution in [1.82, 2.24) is 9.80 Å². The average molecular weight is 504 g/mol. The Morgan fingerprint density at radius 2 is 1.70 bits per heavy atom. The molecule has 2 heterocycles. The summed E-state index contributed by atoms with van der Waals surface area (Å²) in [5.74, 6) is -2.03. The number of nitrogens with one attached hydrogen (secondary N) is 1. The normalized spacial score (nSPS) is 16.8. The fraction of sp³-hybridized carbons (Fsp3) is 0.310. The lowest BCUT2D eigenvalue weighted by Crippen LogP contribution is -2.40. The Hall–Kier alpha value is -3.62. The third-order valence-electron chi connectivity index (χ3n) is 7.19. The number of hydrogen-bond acceptors (Lipinski definition) is 5. The molecule has 8 heteroatoms. The van der Waals surface area contributed by atoms with Gasteiger partial charge in [0.25, 0.3) is 5.91 Å². The van der Waals surface area contributed by atoms with E-state index in [1.165, 1.54) is 12.1 Å². The smallest absolute Gasteiger partial charge is 0.273 e. The van der Waals surface area contributed by atoms with Crippen molar-refractivity contribution in [2.24, 2.45) is 10.7 Å². The first-order chi connectivity index (χ1) is 17.5. The van der Waals surface area contributed by atoms with Crippen LogP contribution in [0.15, 0.2) is 59.6 Å². The van der Waals surface area contributed by atoms with Crippen LogP contribution in [-0.2, 0) is 24.4 Å². The fourth-order valence-corrected chi connectivity index (χ4v) is 4.71. The zero-order valence-corrected chi connectivity index (χ0v) is 21.5. The second kappa shape index (κ2) is 9.36. The fourth-order valence-electron chi connectivity index (χ4n) is 4.71. The van der Waals surface area contributed by atoms with Gasteiger partial charge < -0.3 is 10.2 Å². The summed E-state index contributed by atoms with van der Waals surface area (Å²) in [6.45, 7) is 7.60. The number of carbonyl (C=O) groups excluding carboxylic acids is 1. The van der Waals surface area contributed by atoms with E-state index >= 15 is 0 Å². The zero-order chi connectivity index (χ0) is 26.5. The summed E-state index contributed by atoms with van der Waals surface area (Å²) in [6, 6.07) is 15.9. The van der Waals surface area contributed by atoms with E-state index in [1.807, 2.05) is 43.4 Å². The van der Waals surface area contributed by atoms with E-state index in [4.69, 9.17) is 5.73 Å². The number of nitrogens with zero attached hydrogens (tertiary/aromatic N) is 3. The average Bonchev–Trinajstić information content (AvgIpc) is 3.28. The number of benzene rings is 3. The van der Waals surface area contributed by atoms with Crippen molar-refractivity contribution >= 4 is 17.3 Å². The third-order valence-corrected chi connectivity index (χ3v) is 7.19. The summed E-state index contributed by atoms with van der Waals surface area (Å²) in [7, 11) is 1.95. The van der Waals surface area contributed by atoms with E-state index in [2.05, 4.69) is 36.0 Å². The molecule has 1 unspecified atom stereocenters. The molecule has 0 radical (unpaired) electrons. The molecular formula is C29H31F2N5O. The Kier molecular flexibility index (Phi) is 6.33. The van der Waals surface area contributed by atoms with Crippen molar-refractivity contribution < 1.29 is 13.6 Å². The van der Waals surface area contributed by atoms with E-state index in [0.29, 0.717) is 47.6 Å². The van der Waals surface area contributed by atoms with Gasteiger partial charge >= 0.3 is 0 Å². The maximum atomic E-state index is 14.4. The van der Waals surface area contributed by atoms with Gasteiger partial charge in [0.2, 0.25) is 0 Å². The minimum absolute atomic E-state index is 0.169. The molecule has 2 aliphatic heterocycles. The van der Waals surface area contributed by atoms with Crippen molar-refractivity contribution in [2.75, 3.05) is 12.4 Å². The van der Waals surface area contributed by atoms with Crippen LogP contribution in [0.4, 0.5) is 14.5 Å². The Morgan fingerprint density at radius 1 is 1.05 bits per heavy atom. The molecule has 0 spiro atoms. The van der Waals surface area contributed by atoms with Gasteiger partial charge in [-0.3, -0.25) is 15.4 Å². The molecule has 5 rings (SSSR count). The number of nitrogens with two attached hydrogens (primary N) is 1. The summed E-state index contributed by atoms with van der Waals surface area (Å²) in [5.41, 5.74) is 11.5. The maximum Gasteiger partial charge on any atom is 0.273 e. The van der Waals surface area contributed by atoms with Crippen LogP contribution in [0, 0.1) is 11.6 Å². The molecule has 192 valence electrons. The summed E-state index contributed by atoms with van der Waals surface area (Å²) in [4.78, 5) is 21.9. The molecule has 0 bridgehead atoms. The minimum Gasteiger partial charge on any atom is -0.351 e. The number of fused-ring (bicyclic) bond motifs is 2. The number of rotatable bonds is 4. The van der Waals surface area contributed by atoms with Crippen molar-refractivity contribution in [1.29, 1.82) is 0 Å². The highest BCUT2D eigenvalue weighted by Gasteiger charge is 2.31. The molecule has 1 atom stereocenters. The number of amides is 1. The molecular weight excluding hydrogens is 472 g/mol. The van der Waals surface area contributed by atoms with Crippen LogP contribution in [0.1, 0.15) is 43.0 Å². The lowest BCUT2D eigenvalue weighted by Gasteiger charge is -2.32. The lowest BCUT2D eigenvalue weighted by atomic mass is 9.93. The second-order valence-electron chi connectivity index (χ2n) is 10.7. The predicted octanol–water partition coefficient (Wildman–Crippen LogP) is 4.86. The van der Waals surface area contributed by atoms with Gasteiger partial charge in [-0.15, -0.1) is 0 Å². The summed E-state index contributed by atoms with van der Waals surface area (Å²) >= 11 is 0. The van der Waals surface area contributed by atoms with Gasteiger partial charge in [-0.2, -0.15) is 0 Å². The van der Waals surface area contributed by atoms with Crippen molar-refractivity contribution in [2.45, 2.75) is 52.2 Å². The lowest BCUT2D eigenvalue weighted by molar-refractivity contribution is -0.124. The number of carbonyl (C=O) groups is 1. The first-order valence-electron chi connectivity index (χ1n) is 12.3. The van der Waals surface area contributed by atoms with Gasteiger partial charge in [-0.25, -0.2) is 13.8 Å². The van der Waals surface area contributed by atoms with E-state index in [-0.39, 0.29) is 17.2 Å². The summed E-state index contributed by atoms with van der Waals surface area (Å²) in [5, 5.41) is 3.10. The minimum atomic E-state index is -0.921. The molecule has 2 aliphatic rings. The standard InChI is InChI=1S/C29H31F2N5O/c1-29(2,3)35(4)14-20-12-23(30)24(31)13-21(20)17-9-10-25-22(11-17)26(34-28(32)33-25)27(37)36-15-18-7-5-6-8-19(18)16-36/h5-13,28,33H,14-16,32H2,1-4H3. The molecule has 0 fully saturated rings. The van der Waals surface area contributed by atoms with Crippen LogP contribution in [0.5, 0.6) is 0 Å². The van der Waals surface area contributed by atoms with Gasteiger partial charge in [-0.05, 0) is 79.9 Å². The van der Waals surface area contributed by atoms with Crippen LogP contribution in [0.3, 0.4) is 0 Å². The van der Waals surface area contributed by atoms with Crippen LogP contribution < -0.4 is 11.1 Å². The van der Waals surface area contributed by atoms with E-state index in [9.17, 15) is 13.6 Å². The van der Waals surface area contributed by atoms with Gasteiger partial charge in [0, 0.05) is 36.4 Å². The molecule has 3 N–H and O–H groups in total.